The van der Waals surface area contributed by atoms with E-state index in [9.17, 15) is 4.79 Å². The Morgan fingerprint density at radius 2 is 2.25 bits per heavy atom. The number of nitrogen functional groups attached to an aromatic ring is 1. The summed E-state index contributed by atoms with van der Waals surface area (Å²) in [7, 11) is 0. The van der Waals surface area contributed by atoms with Crippen LogP contribution in [0.5, 0.6) is 5.75 Å². The van der Waals surface area contributed by atoms with Crippen molar-refractivity contribution in [1.82, 2.24) is 10.3 Å². The minimum Gasteiger partial charge on any atom is -0.492 e. The first kappa shape index (κ1) is 15.2. The van der Waals surface area contributed by atoms with E-state index < -0.39 is 0 Å². The van der Waals surface area contributed by atoms with Gasteiger partial charge in [0.05, 0.1) is 0 Å². The summed E-state index contributed by atoms with van der Waals surface area (Å²) in [5, 5.41) is 0. The van der Waals surface area contributed by atoms with Crippen molar-refractivity contribution in [2.24, 2.45) is 5.84 Å². The molecular weight excluding hydrogens is 274 g/mol. The second-order valence-electron chi connectivity index (χ2n) is 4.81. The van der Waals surface area contributed by atoms with Gasteiger partial charge >= 0.3 is 0 Å². The third kappa shape index (κ3) is 4.13. The van der Waals surface area contributed by atoms with Crippen molar-refractivity contribution in [3.63, 3.8) is 0 Å². The van der Waals surface area contributed by atoms with Gasteiger partial charge in [0, 0.05) is 36.2 Å². The largest absolute Gasteiger partial charge is 0.492 e. The number of rotatable bonds is 5. The van der Waals surface area contributed by atoms with Gasteiger partial charge in [0.15, 0.2) is 0 Å². The number of thioether (sulfide) groups is 1. The van der Waals surface area contributed by atoms with Gasteiger partial charge in [-0.1, -0.05) is 0 Å². The van der Waals surface area contributed by atoms with Crippen LogP contribution in [0.15, 0.2) is 24.3 Å². The molecule has 0 radical (unpaired) electrons. The number of hydrogen-bond acceptors (Lipinski definition) is 5. The Morgan fingerprint density at radius 3 is 2.90 bits per heavy atom. The van der Waals surface area contributed by atoms with Gasteiger partial charge in [0.1, 0.15) is 12.4 Å². The second-order valence-corrected chi connectivity index (χ2v) is 5.96. The van der Waals surface area contributed by atoms with E-state index in [1.807, 2.05) is 11.8 Å². The maximum absolute atomic E-state index is 11.3. The summed E-state index contributed by atoms with van der Waals surface area (Å²) in [6.07, 6.45) is 0. The summed E-state index contributed by atoms with van der Waals surface area (Å²) in [6, 6.07) is 7.61. The molecule has 1 aliphatic heterocycles. The molecule has 5 nitrogen and oxygen atoms in total. The number of nitrogens with two attached hydrogens (primary N) is 1. The van der Waals surface area contributed by atoms with E-state index in [1.165, 1.54) is 11.5 Å². The van der Waals surface area contributed by atoms with E-state index in [2.05, 4.69) is 17.2 Å². The molecule has 1 fully saturated rings. The molecule has 20 heavy (non-hydrogen) atoms. The Kier molecular flexibility index (Phi) is 5.70. The molecule has 1 saturated heterocycles. The van der Waals surface area contributed by atoms with Crippen molar-refractivity contribution in [1.29, 1.82) is 0 Å². The summed E-state index contributed by atoms with van der Waals surface area (Å²) in [6.45, 7) is 4.99. The molecule has 1 aromatic carbocycles. The van der Waals surface area contributed by atoms with Crippen LogP contribution in [0.3, 0.4) is 0 Å². The number of ether oxygens (including phenoxy) is 1. The van der Waals surface area contributed by atoms with E-state index in [1.54, 1.807) is 24.3 Å². The van der Waals surface area contributed by atoms with Gasteiger partial charge in [-0.05, 0) is 31.2 Å². The lowest BCUT2D eigenvalue weighted by Gasteiger charge is -2.32. The van der Waals surface area contributed by atoms with Gasteiger partial charge < -0.3 is 4.74 Å². The first-order valence-electron chi connectivity index (χ1n) is 6.76. The number of benzene rings is 1. The molecular formula is C14H21N3O2S. The van der Waals surface area contributed by atoms with Crippen LogP contribution < -0.4 is 16.0 Å². The van der Waals surface area contributed by atoms with Crippen LogP contribution in [-0.4, -0.2) is 48.1 Å². The molecule has 0 aromatic heterocycles. The second kappa shape index (κ2) is 7.52. The van der Waals surface area contributed by atoms with Crippen LogP contribution in [0.4, 0.5) is 0 Å². The number of hydrogen-bond donors (Lipinski definition) is 2. The standard InChI is InChI=1S/C14H21N3O2S/c1-11-10-20-9-7-17(11)6-8-19-13-4-2-12(3-5-13)14(18)16-15/h2-5,11H,6-10,15H2,1H3,(H,16,18). The van der Waals surface area contributed by atoms with E-state index in [-0.39, 0.29) is 5.91 Å². The van der Waals surface area contributed by atoms with Crippen molar-refractivity contribution >= 4 is 17.7 Å². The summed E-state index contributed by atoms with van der Waals surface area (Å²) in [5.41, 5.74) is 2.63. The number of nitrogens with zero attached hydrogens (tertiary/aromatic N) is 1. The molecule has 1 unspecified atom stereocenters. The summed E-state index contributed by atoms with van der Waals surface area (Å²) in [5.74, 6) is 7.96. The normalized spacial score (nSPS) is 19.6. The van der Waals surface area contributed by atoms with Gasteiger partial charge in [0.2, 0.25) is 0 Å². The molecule has 6 heteroatoms. The number of hydrazine groups is 1. The molecule has 0 aliphatic carbocycles. The summed E-state index contributed by atoms with van der Waals surface area (Å²) in [4.78, 5) is 13.7. The molecule has 1 heterocycles. The highest BCUT2D eigenvalue weighted by atomic mass is 32.2. The maximum atomic E-state index is 11.3. The van der Waals surface area contributed by atoms with Crippen molar-refractivity contribution < 1.29 is 9.53 Å². The predicted octanol–water partition coefficient (Wildman–Crippen LogP) is 1.11. The third-order valence-electron chi connectivity index (χ3n) is 3.40. The van der Waals surface area contributed by atoms with E-state index in [0.29, 0.717) is 18.2 Å². The predicted molar refractivity (Wildman–Crippen MR) is 82.0 cm³/mol. The molecule has 1 aromatic rings. The highest BCUT2D eigenvalue weighted by Gasteiger charge is 2.17. The molecule has 0 saturated carbocycles. The van der Waals surface area contributed by atoms with E-state index in [0.717, 1.165) is 18.8 Å². The van der Waals surface area contributed by atoms with Crippen molar-refractivity contribution in [3.05, 3.63) is 29.8 Å². The molecule has 0 bridgehead atoms. The SMILES string of the molecule is CC1CSCCN1CCOc1ccc(C(=O)NN)cc1. The third-order valence-corrected chi connectivity index (χ3v) is 4.59. The van der Waals surface area contributed by atoms with Crippen LogP contribution in [-0.2, 0) is 0 Å². The highest BCUT2D eigenvalue weighted by Crippen LogP contribution is 2.16. The number of carbonyl (C=O) groups is 1. The zero-order valence-corrected chi connectivity index (χ0v) is 12.5. The fourth-order valence-corrected chi connectivity index (χ4v) is 3.24. The molecule has 3 N–H and O–H groups in total. The first-order chi connectivity index (χ1) is 9.70. The lowest BCUT2D eigenvalue weighted by Crippen LogP contribution is -2.42. The van der Waals surface area contributed by atoms with Gasteiger partial charge in [-0.25, -0.2) is 5.84 Å². The van der Waals surface area contributed by atoms with Crippen LogP contribution in [0, 0.1) is 0 Å². The lowest BCUT2D eigenvalue weighted by atomic mass is 10.2. The monoisotopic (exact) mass is 295 g/mol. The van der Waals surface area contributed by atoms with Crippen molar-refractivity contribution in [2.45, 2.75) is 13.0 Å². The smallest absolute Gasteiger partial charge is 0.265 e. The molecule has 1 aliphatic rings. The number of carbonyl (C=O) groups excluding carboxylic acids is 1. The minimum absolute atomic E-state index is 0.295. The Labute approximate surface area is 123 Å². The minimum atomic E-state index is -0.295. The number of amides is 1. The Bertz CT molecular complexity index is 439. The van der Waals surface area contributed by atoms with Gasteiger partial charge in [-0.3, -0.25) is 15.1 Å². The maximum Gasteiger partial charge on any atom is 0.265 e. The fourth-order valence-electron chi connectivity index (χ4n) is 2.16. The first-order valence-corrected chi connectivity index (χ1v) is 7.92. The summed E-state index contributed by atoms with van der Waals surface area (Å²) >= 11 is 2.01. The molecule has 1 amide bonds. The van der Waals surface area contributed by atoms with E-state index in [4.69, 9.17) is 10.6 Å². The van der Waals surface area contributed by atoms with Crippen molar-refractivity contribution in [2.75, 3.05) is 31.2 Å². The van der Waals surface area contributed by atoms with Crippen LogP contribution >= 0.6 is 11.8 Å². The average molecular weight is 295 g/mol. The van der Waals surface area contributed by atoms with Gasteiger partial charge in [-0.2, -0.15) is 11.8 Å². The van der Waals surface area contributed by atoms with Crippen molar-refractivity contribution in [3.8, 4) is 5.75 Å². The van der Waals surface area contributed by atoms with E-state index >= 15 is 0 Å². The van der Waals surface area contributed by atoms with Gasteiger partial charge in [-0.15, -0.1) is 0 Å². The molecule has 110 valence electrons. The zero-order chi connectivity index (χ0) is 14.4. The zero-order valence-electron chi connectivity index (χ0n) is 11.7. The molecule has 0 spiro atoms. The highest BCUT2D eigenvalue weighted by molar-refractivity contribution is 7.99. The molecule has 2 rings (SSSR count). The molecule has 1 atom stereocenters. The number of nitrogens with one attached hydrogen (secondary N) is 1. The Balaban J connectivity index is 1.77. The van der Waals surface area contributed by atoms with Crippen LogP contribution in [0.1, 0.15) is 17.3 Å². The topological polar surface area (TPSA) is 67.6 Å². The van der Waals surface area contributed by atoms with Crippen LogP contribution in [0.25, 0.3) is 0 Å². The quantitative estimate of drug-likeness (QED) is 0.484. The Hall–Kier alpha value is -1.24. The van der Waals surface area contributed by atoms with Gasteiger partial charge in [0.25, 0.3) is 5.91 Å². The fraction of sp³-hybridized carbons (Fsp3) is 0.500. The Morgan fingerprint density at radius 1 is 1.50 bits per heavy atom. The summed E-state index contributed by atoms with van der Waals surface area (Å²) < 4.78 is 5.71. The average Bonchev–Trinajstić information content (AvgIpc) is 2.49. The lowest BCUT2D eigenvalue weighted by molar-refractivity contribution is 0.0953. The van der Waals surface area contributed by atoms with Crippen LogP contribution in [0.2, 0.25) is 0 Å².